The van der Waals surface area contributed by atoms with Gasteiger partial charge in [0.25, 0.3) is 0 Å². The van der Waals surface area contributed by atoms with E-state index in [4.69, 9.17) is 4.74 Å². The van der Waals surface area contributed by atoms with Gasteiger partial charge in [0.2, 0.25) is 0 Å². The molecule has 5 nitrogen and oxygen atoms in total. The van der Waals surface area contributed by atoms with Crippen molar-refractivity contribution in [1.29, 1.82) is 0 Å². The number of aromatic amines is 1. The average Bonchev–Trinajstić information content (AvgIpc) is 3.06. The lowest BCUT2D eigenvalue weighted by atomic mass is 10.1. The van der Waals surface area contributed by atoms with Crippen LogP contribution in [0.25, 0.3) is 10.8 Å². The van der Waals surface area contributed by atoms with Gasteiger partial charge in [-0.1, -0.05) is 19.1 Å². The topological polar surface area (TPSA) is 62.8 Å². The van der Waals surface area contributed by atoms with E-state index in [0.29, 0.717) is 0 Å². The summed E-state index contributed by atoms with van der Waals surface area (Å²) in [6.45, 7) is 2.12. The number of imidazole rings is 1. The van der Waals surface area contributed by atoms with Gasteiger partial charge in [-0.3, -0.25) is 0 Å². The Hall–Kier alpha value is -2.56. The fourth-order valence-electron chi connectivity index (χ4n) is 2.47. The summed E-state index contributed by atoms with van der Waals surface area (Å²) in [5.41, 5.74) is 0. The van der Waals surface area contributed by atoms with Gasteiger partial charge in [-0.15, -0.1) is 0 Å². The molecule has 0 fully saturated rings. The fraction of sp³-hybridized carbons (Fsp3) is 0.250. The maximum Gasteiger partial charge on any atom is 0.134 e. The molecule has 1 aromatic carbocycles. The van der Waals surface area contributed by atoms with Gasteiger partial charge in [-0.25, -0.2) is 9.97 Å². The molecule has 5 heteroatoms. The summed E-state index contributed by atoms with van der Waals surface area (Å²) in [4.78, 5) is 12.0. The zero-order chi connectivity index (χ0) is 14.7. The van der Waals surface area contributed by atoms with E-state index in [1.165, 1.54) is 0 Å². The molecule has 21 heavy (non-hydrogen) atoms. The van der Waals surface area contributed by atoms with Crippen molar-refractivity contribution in [2.24, 2.45) is 0 Å². The minimum atomic E-state index is 0.101. The maximum atomic E-state index is 5.41. The van der Waals surface area contributed by atoms with Crippen LogP contribution in [0.4, 0.5) is 5.82 Å². The molecule has 3 aromatic rings. The molecule has 0 saturated carbocycles. The van der Waals surface area contributed by atoms with Crippen molar-refractivity contribution in [3.05, 3.63) is 48.7 Å². The zero-order valence-electron chi connectivity index (χ0n) is 12.1. The summed E-state index contributed by atoms with van der Waals surface area (Å²) in [5.74, 6) is 2.61. The summed E-state index contributed by atoms with van der Waals surface area (Å²) in [6, 6.07) is 8.04. The molecule has 0 radical (unpaired) electrons. The molecule has 3 rings (SSSR count). The van der Waals surface area contributed by atoms with E-state index in [2.05, 4.69) is 27.2 Å². The summed E-state index contributed by atoms with van der Waals surface area (Å²) in [6.07, 6.45) is 6.30. The van der Waals surface area contributed by atoms with Gasteiger partial charge in [0.1, 0.15) is 17.4 Å². The first-order valence-electron chi connectivity index (χ1n) is 7.01. The van der Waals surface area contributed by atoms with Crippen LogP contribution in [0.2, 0.25) is 0 Å². The zero-order valence-corrected chi connectivity index (χ0v) is 12.1. The van der Waals surface area contributed by atoms with Gasteiger partial charge in [-0.2, -0.15) is 0 Å². The summed E-state index contributed by atoms with van der Waals surface area (Å²) in [7, 11) is 1.68. The van der Waals surface area contributed by atoms with Gasteiger partial charge in [0, 0.05) is 29.4 Å². The highest BCUT2D eigenvalue weighted by Crippen LogP contribution is 2.30. The van der Waals surface area contributed by atoms with Crippen LogP contribution in [0.1, 0.15) is 25.2 Å². The number of hydrogen-bond acceptors (Lipinski definition) is 4. The lowest BCUT2D eigenvalue weighted by molar-refractivity contribution is 0.420. The number of methoxy groups -OCH3 is 1. The Morgan fingerprint density at radius 2 is 2.10 bits per heavy atom. The van der Waals surface area contributed by atoms with Gasteiger partial charge >= 0.3 is 0 Å². The molecule has 2 N–H and O–H groups in total. The van der Waals surface area contributed by atoms with E-state index in [0.717, 1.165) is 34.6 Å². The number of H-pyrrole nitrogens is 1. The Kier molecular flexibility index (Phi) is 3.73. The second-order valence-electron chi connectivity index (χ2n) is 4.79. The molecule has 2 heterocycles. The normalized spacial score (nSPS) is 12.3. The largest absolute Gasteiger partial charge is 0.496 e. The van der Waals surface area contributed by atoms with Crippen molar-refractivity contribution >= 4 is 16.6 Å². The third-order valence-corrected chi connectivity index (χ3v) is 3.55. The number of nitrogens with one attached hydrogen (secondary N) is 2. The predicted octanol–water partition coefficient (Wildman–Crippen LogP) is 3.53. The number of ether oxygens (including phenoxy) is 1. The van der Waals surface area contributed by atoms with Crippen LogP contribution in [-0.4, -0.2) is 22.1 Å². The van der Waals surface area contributed by atoms with Crippen molar-refractivity contribution < 1.29 is 4.74 Å². The molecule has 0 spiro atoms. The SMILES string of the molecule is CCC(Nc1nccc2c(OC)cccc12)c1ncc[nH]1. The minimum Gasteiger partial charge on any atom is -0.496 e. The van der Waals surface area contributed by atoms with Gasteiger partial charge in [0.15, 0.2) is 0 Å². The van der Waals surface area contributed by atoms with E-state index in [1.807, 2.05) is 30.5 Å². The van der Waals surface area contributed by atoms with Crippen LogP contribution in [-0.2, 0) is 0 Å². The Morgan fingerprint density at radius 3 is 2.81 bits per heavy atom. The number of pyridine rings is 1. The van der Waals surface area contributed by atoms with Crippen molar-refractivity contribution in [2.45, 2.75) is 19.4 Å². The Labute approximate surface area is 123 Å². The molecule has 0 aliphatic heterocycles. The number of benzene rings is 1. The highest BCUT2D eigenvalue weighted by molar-refractivity contribution is 5.95. The van der Waals surface area contributed by atoms with Gasteiger partial charge < -0.3 is 15.0 Å². The van der Waals surface area contributed by atoms with Crippen LogP contribution in [0.15, 0.2) is 42.9 Å². The molecule has 0 saturated heterocycles. The molecular weight excluding hydrogens is 264 g/mol. The molecular formula is C16H18N4O. The summed E-state index contributed by atoms with van der Waals surface area (Å²) >= 11 is 0. The predicted molar refractivity (Wildman–Crippen MR) is 83.5 cm³/mol. The Balaban J connectivity index is 2.01. The number of aromatic nitrogens is 3. The molecule has 2 aromatic heterocycles. The maximum absolute atomic E-state index is 5.41. The van der Waals surface area contributed by atoms with E-state index in [9.17, 15) is 0 Å². The monoisotopic (exact) mass is 282 g/mol. The first-order valence-corrected chi connectivity index (χ1v) is 7.01. The quantitative estimate of drug-likeness (QED) is 0.751. The van der Waals surface area contributed by atoms with Crippen molar-refractivity contribution in [2.75, 3.05) is 12.4 Å². The number of nitrogens with zero attached hydrogens (tertiary/aromatic N) is 2. The number of hydrogen-bond donors (Lipinski definition) is 2. The van der Waals surface area contributed by atoms with E-state index in [-0.39, 0.29) is 6.04 Å². The van der Waals surface area contributed by atoms with E-state index < -0.39 is 0 Å². The minimum absolute atomic E-state index is 0.101. The molecule has 1 atom stereocenters. The Morgan fingerprint density at radius 1 is 1.19 bits per heavy atom. The van der Waals surface area contributed by atoms with Crippen molar-refractivity contribution in [3.63, 3.8) is 0 Å². The first-order chi connectivity index (χ1) is 10.3. The van der Waals surface area contributed by atoms with Gasteiger partial charge in [-0.05, 0) is 18.6 Å². The fourth-order valence-corrected chi connectivity index (χ4v) is 2.47. The third kappa shape index (κ3) is 2.54. The van der Waals surface area contributed by atoms with E-state index >= 15 is 0 Å². The molecule has 0 aliphatic carbocycles. The van der Waals surface area contributed by atoms with Crippen LogP contribution in [0.5, 0.6) is 5.75 Å². The highest BCUT2D eigenvalue weighted by atomic mass is 16.5. The van der Waals surface area contributed by atoms with Gasteiger partial charge in [0.05, 0.1) is 13.2 Å². The highest BCUT2D eigenvalue weighted by Gasteiger charge is 2.14. The molecule has 0 bridgehead atoms. The van der Waals surface area contributed by atoms with Crippen molar-refractivity contribution in [1.82, 2.24) is 15.0 Å². The smallest absolute Gasteiger partial charge is 0.134 e. The molecule has 0 amide bonds. The number of anilines is 1. The Bertz CT molecular complexity index is 724. The lowest BCUT2D eigenvalue weighted by Crippen LogP contribution is -2.12. The van der Waals surface area contributed by atoms with Crippen LogP contribution in [0, 0.1) is 0 Å². The first kappa shape index (κ1) is 13.4. The summed E-state index contributed by atoms with van der Waals surface area (Å²) in [5, 5.41) is 5.56. The van der Waals surface area contributed by atoms with Crippen molar-refractivity contribution in [3.8, 4) is 5.75 Å². The summed E-state index contributed by atoms with van der Waals surface area (Å²) < 4.78 is 5.41. The number of fused-ring (bicyclic) bond motifs is 1. The lowest BCUT2D eigenvalue weighted by Gasteiger charge is -2.17. The molecule has 1 unspecified atom stereocenters. The van der Waals surface area contributed by atoms with Crippen LogP contribution < -0.4 is 10.1 Å². The van der Waals surface area contributed by atoms with Crippen LogP contribution in [0.3, 0.4) is 0 Å². The average molecular weight is 282 g/mol. The second kappa shape index (κ2) is 5.83. The molecule has 0 aliphatic rings. The molecule has 108 valence electrons. The van der Waals surface area contributed by atoms with E-state index in [1.54, 1.807) is 19.5 Å². The second-order valence-corrected chi connectivity index (χ2v) is 4.79. The number of rotatable bonds is 5. The standard InChI is InChI=1S/C16H18N4O/c1-3-13(16-18-9-10-19-16)20-15-12-5-4-6-14(21-2)11(12)7-8-17-15/h4-10,13H,3H2,1-2H3,(H,17,20)(H,18,19). The van der Waals surface area contributed by atoms with Crippen LogP contribution >= 0.6 is 0 Å². The third-order valence-electron chi connectivity index (χ3n) is 3.55.